The van der Waals surface area contributed by atoms with Crippen molar-refractivity contribution >= 4 is 24.0 Å². The van der Waals surface area contributed by atoms with Crippen LogP contribution in [0.15, 0.2) is 0 Å². The molecule has 0 heterocycles. The summed E-state index contributed by atoms with van der Waals surface area (Å²) in [6.07, 6.45) is 3.59. The molecule has 0 atom stereocenters. The van der Waals surface area contributed by atoms with Gasteiger partial charge in [0.2, 0.25) is 17.7 Å². The van der Waals surface area contributed by atoms with Crippen LogP contribution in [0.2, 0.25) is 0 Å². The van der Waals surface area contributed by atoms with Gasteiger partial charge in [-0.2, -0.15) is 0 Å². The van der Waals surface area contributed by atoms with E-state index in [1.54, 1.807) is 0 Å². The maximum atomic E-state index is 11.4. The molecule has 3 amide bonds. The predicted molar refractivity (Wildman–Crippen MR) is 82.1 cm³/mol. The highest BCUT2D eigenvalue weighted by Gasteiger charge is 2.07. The Balaban J connectivity index is 3.56. The van der Waals surface area contributed by atoms with Gasteiger partial charge in [0.1, 0.15) is 6.29 Å². The molecule has 22 heavy (non-hydrogen) atoms. The first-order valence-corrected chi connectivity index (χ1v) is 7.48. The highest BCUT2D eigenvalue weighted by atomic mass is 16.2. The Kier molecular flexibility index (Phi) is 12.8. The highest BCUT2D eigenvalue weighted by Crippen LogP contribution is 1.91. The average Bonchev–Trinajstić information content (AvgIpc) is 2.51. The van der Waals surface area contributed by atoms with E-state index >= 15 is 0 Å². The number of hydrogen-bond donors (Lipinski definition) is 4. The molecule has 0 aromatic carbocycles. The summed E-state index contributed by atoms with van der Waals surface area (Å²) in [5.41, 5.74) is 0. The third kappa shape index (κ3) is 13.0. The number of nitrogens with one attached hydrogen (secondary N) is 4. The van der Waals surface area contributed by atoms with Gasteiger partial charge in [0.05, 0.1) is 13.1 Å². The molecule has 0 aliphatic carbocycles. The van der Waals surface area contributed by atoms with Crippen molar-refractivity contribution in [1.82, 2.24) is 21.3 Å². The van der Waals surface area contributed by atoms with Crippen molar-refractivity contribution in [2.45, 2.75) is 32.1 Å². The van der Waals surface area contributed by atoms with E-state index in [1.807, 2.05) is 7.05 Å². The van der Waals surface area contributed by atoms with Gasteiger partial charge in [0.15, 0.2) is 0 Å². The number of rotatable bonds is 13. The van der Waals surface area contributed by atoms with Crippen LogP contribution < -0.4 is 21.3 Å². The number of unbranched alkanes of at least 4 members (excludes halogenated alkanes) is 2. The summed E-state index contributed by atoms with van der Waals surface area (Å²) in [7, 11) is 1.87. The van der Waals surface area contributed by atoms with Gasteiger partial charge >= 0.3 is 0 Å². The lowest BCUT2D eigenvalue weighted by atomic mass is 10.2. The van der Waals surface area contributed by atoms with E-state index in [1.165, 1.54) is 0 Å². The molecule has 126 valence electrons. The fourth-order valence-electron chi connectivity index (χ4n) is 1.57. The highest BCUT2D eigenvalue weighted by molar-refractivity contribution is 5.88. The minimum absolute atomic E-state index is 0.105. The molecule has 0 aliphatic rings. The molecule has 0 saturated carbocycles. The molecular formula is C14H26N4O4. The maximum absolute atomic E-state index is 11.4. The van der Waals surface area contributed by atoms with Crippen LogP contribution in [0.1, 0.15) is 32.1 Å². The molecule has 0 fully saturated rings. The van der Waals surface area contributed by atoms with Gasteiger partial charge in [-0.15, -0.1) is 0 Å². The van der Waals surface area contributed by atoms with Crippen molar-refractivity contribution in [2.75, 3.05) is 33.2 Å². The van der Waals surface area contributed by atoms with E-state index in [0.717, 1.165) is 25.7 Å². The van der Waals surface area contributed by atoms with E-state index in [9.17, 15) is 19.2 Å². The van der Waals surface area contributed by atoms with Gasteiger partial charge in [-0.1, -0.05) is 0 Å². The molecule has 0 aliphatic heterocycles. The predicted octanol–water partition coefficient (Wildman–Crippen LogP) is -1.30. The maximum Gasteiger partial charge on any atom is 0.239 e. The van der Waals surface area contributed by atoms with Crippen LogP contribution in [-0.2, 0) is 19.2 Å². The lowest BCUT2D eigenvalue weighted by Crippen LogP contribution is -2.42. The number of carbonyl (C=O) groups excluding carboxylic acids is 4. The van der Waals surface area contributed by atoms with Gasteiger partial charge in [-0.05, 0) is 32.9 Å². The Morgan fingerprint density at radius 3 is 2.05 bits per heavy atom. The molecule has 0 rings (SSSR count). The van der Waals surface area contributed by atoms with E-state index in [0.29, 0.717) is 19.4 Å². The van der Waals surface area contributed by atoms with Crippen molar-refractivity contribution in [2.24, 2.45) is 0 Å². The standard InChI is InChI=1S/C14H26N4O4/c1-15-7-3-4-8-16-13(21)10-18-14(22)11-17-12(20)6-2-5-9-19/h9,15H,2-8,10-11H2,1H3,(H,16,21)(H,17,20)(H,18,22). The lowest BCUT2D eigenvalue weighted by molar-refractivity contribution is -0.127. The second kappa shape index (κ2) is 14.0. The van der Waals surface area contributed by atoms with Crippen LogP contribution in [0, 0.1) is 0 Å². The Morgan fingerprint density at radius 2 is 1.41 bits per heavy atom. The second-order valence-corrected chi connectivity index (χ2v) is 4.77. The number of carbonyl (C=O) groups is 4. The molecule has 0 radical (unpaired) electrons. The first kappa shape index (κ1) is 20.0. The van der Waals surface area contributed by atoms with Crippen molar-refractivity contribution in [3.63, 3.8) is 0 Å². The van der Waals surface area contributed by atoms with Crippen LogP contribution >= 0.6 is 0 Å². The molecule has 0 aromatic rings. The van der Waals surface area contributed by atoms with Crippen LogP contribution in [0.5, 0.6) is 0 Å². The van der Waals surface area contributed by atoms with Gasteiger partial charge in [0.25, 0.3) is 0 Å². The smallest absolute Gasteiger partial charge is 0.239 e. The van der Waals surface area contributed by atoms with E-state index in [2.05, 4.69) is 21.3 Å². The molecule has 0 aromatic heterocycles. The summed E-state index contributed by atoms with van der Waals surface area (Å²) in [6, 6.07) is 0. The van der Waals surface area contributed by atoms with Crippen LogP contribution in [0.4, 0.5) is 0 Å². The quantitative estimate of drug-likeness (QED) is 0.249. The first-order chi connectivity index (χ1) is 10.6. The molecule has 8 heteroatoms. The van der Waals surface area contributed by atoms with Crippen LogP contribution in [0.25, 0.3) is 0 Å². The Hall–Kier alpha value is -1.96. The summed E-state index contributed by atoms with van der Waals surface area (Å²) in [6.45, 7) is 1.20. The number of amides is 3. The average molecular weight is 314 g/mol. The van der Waals surface area contributed by atoms with Crippen molar-refractivity contribution in [3.05, 3.63) is 0 Å². The third-order valence-electron chi connectivity index (χ3n) is 2.79. The van der Waals surface area contributed by atoms with Crippen LogP contribution in [0.3, 0.4) is 0 Å². The summed E-state index contributed by atoms with van der Waals surface area (Å²) in [5, 5.41) is 10.6. The topological polar surface area (TPSA) is 116 Å². The fraction of sp³-hybridized carbons (Fsp3) is 0.714. The zero-order chi connectivity index (χ0) is 16.6. The lowest BCUT2D eigenvalue weighted by Gasteiger charge is -2.08. The molecule has 8 nitrogen and oxygen atoms in total. The van der Waals surface area contributed by atoms with Crippen molar-refractivity contribution < 1.29 is 19.2 Å². The molecule has 0 saturated heterocycles. The van der Waals surface area contributed by atoms with Crippen molar-refractivity contribution in [3.8, 4) is 0 Å². The first-order valence-electron chi connectivity index (χ1n) is 7.48. The number of hydrogen-bond acceptors (Lipinski definition) is 5. The van der Waals surface area contributed by atoms with Gasteiger partial charge in [-0.3, -0.25) is 14.4 Å². The molecule has 4 N–H and O–H groups in total. The molecule has 0 unspecified atom stereocenters. The SMILES string of the molecule is CNCCCCNC(=O)CNC(=O)CNC(=O)CCCC=O. The van der Waals surface area contributed by atoms with Crippen LogP contribution in [-0.4, -0.2) is 57.2 Å². The number of aldehydes is 1. The fourth-order valence-corrected chi connectivity index (χ4v) is 1.57. The summed E-state index contributed by atoms with van der Waals surface area (Å²) in [5.74, 6) is -0.963. The summed E-state index contributed by atoms with van der Waals surface area (Å²) >= 11 is 0. The Bertz CT molecular complexity index is 361. The van der Waals surface area contributed by atoms with Gasteiger partial charge in [0, 0.05) is 19.4 Å². The minimum Gasteiger partial charge on any atom is -0.355 e. The van der Waals surface area contributed by atoms with Gasteiger partial charge < -0.3 is 26.1 Å². The van der Waals surface area contributed by atoms with Crippen molar-refractivity contribution in [1.29, 1.82) is 0 Å². The zero-order valence-corrected chi connectivity index (χ0v) is 13.1. The summed E-state index contributed by atoms with van der Waals surface area (Å²) < 4.78 is 0. The largest absolute Gasteiger partial charge is 0.355 e. The normalized spacial score (nSPS) is 9.86. The molecule has 0 spiro atoms. The van der Waals surface area contributed by atoms with E-state index in [-0.39, 0.29) is 31.3 Å². The summed E-state index contributed by atoms with van der Waals surface area (Å²) in [4.78, 5) is 44.2. The van der Waals surface area contributed by atoms with E-state index < -0.39 is 5.91 Å². The third-order valence-corrected chi connectivity index (χ3v) is 2.79. The second-order valence-electron chi connectivity index (χ2n) is 4.77. The zero-order valence-electron chi connectivity index (χ0n) is 13.1. The molecule has 0 bridgehead atoms. The van der Waals surface area contributed by atoms with E-state index in [4.69, 9.17) is 0 Å². The minimum atomic E-state index is -0.422. The Morgan fingerprint density at radius 1 is 0.818 bits per heavy atom. The monoisotopic (exact) mass is 314 g/mol. The molecular weight excluding hydrogens is 288 g/mol. The van der Waals surface area contributed by atoms with Gasteiger partial charge in [-0.25, -0.2) is 0 Å². The Labute approximate surface area is 130 Å².